The number of nitrogens with one attached hydrogen (secondary N) is 2. The second kappa shape index (κ2) is 8.97. The van der Waals surface area contributed by atoms with Gasteiger partial charge in [-0.25, -0.2) is 0 Å². The number of ether oxygens (including phenoxy) is 1. The second-order valence-corrected chi connectivity index (χ2v) is 3.46. The molecule has 84 valence electrons. The van der Waals surface area contributed by atoms with Gasteiger partial charge >= 0.3 is 0 Å². The van der Waals surface area contributed by atoms with Gasteiger partial charge in [0.1, 0.15) is 6.61 Å². The van der Waals surface area contributed by atoms with E-state index in [2.05, 4.69) is 17.6 Å². The van der Waals surface area contributed by atoms with Gasteiger partial charge in [0.15, 0.2) is 0 Å². The monoisotopic (exact) mass is 202 g/mol. The van der Waals surface area contributed by atoms with Crippen molar-refractivity contribution < 1.29 is 9.53 Å². The van der Waals surface area contributed by atoms with Crippen molar-refractivity contribution in [1.29, 1.82) is 0 Å². The highest BCUT2D eigenvalue weighted by molar-refractivity contribution is 5.77. The van der Waals surface area contributed by atoms with Crippen LogP contribution in [0.3, 0.4) is 0 Å². The van der Waals surface area contributed by atoms with Crippen LogP contribution in [0.2, 0.25) is 0 Å². The van der Waals surface area contributed by atoms with Crippen molar-refractivity contribution in [1.82, 2.24) is 10.6 Å². The fourth-order valence-corrected chi connectivity index (χ4v) is 0.885. The van der Waals surface area contributed by atoms with Crippen LogP contribution in [0.15, 0.2) is 0 Å². The molecule has 14 heavy (non-hydrogen) atoms. The molecule has 1 amide bonds. The Bertz CT molecular complexity index is 149. The summed E-state index contributed by atoms with van der Waals surface area (Å²) in [6.07, 6.45) is 1.23. The van der Waals surface area contributed by atoms with Crippen molar-refractivity contribution in [2.24, 2.45) is 0 Å². The van der Waals surface area contributed by atoms with Gasteiger partial charge < -0.3 is 15.4 Å². The molecule has 0 saturated heterocycles. The first-order valence-corrected chi connectivity index (χ1v) is 5.25. The third-order valence-corrected chi connectivity index (χ3v) is 1.60. The van der Waals surface area contributed by atoms with Crippen molar-refractivity contribution in [2.75, 3.05) is 26.2 Å². The minimum atomic E-state index is -0.0444. The molecule has 0 saturated carbocycles. The minimum absolute atomic E-state index is 0.0444. The van der Waals surface area contributed by atoms with Crippen LogP contribution in [0.5, 0.6) is 0 Å². The molecule has 0 heterocycles. The SMILES string of the molecule is CCCNCCNC(=O)COC(C)C. The Morgan fingerprint density at radius 1 is 1.29 bits per heavy atom. The molecule has 0 radical (unpaired) electrons. The van der Waals surface area contributed by atoms with Crippen LogP contribution in [-0.2, 0) is 9.53 Å². The smallest absolute Gasteiger partial charge is 0.246 e. The highest BCUT2D eigenvalue weighted by Gasteiger charge is 2.01. The third-order valence-electron chi connectivity index (χ3n) is 1.60. The van der Waals surface area contributed by atoms with Crippen LogP contribution in [0, 0.1) is 0 Å². The minimum Gasteiger partial charge on any atom is -0.369 e. The zero-order valence-electron chi connectivity index (χ0n) is 9.43. The fraction of sp³-hybridized carbons (Fsp3) is 0.900. The lowest BCUT2D eigenvalue weighted by Gasteiger charge is -2.08. The summed E-state index contributed by atoms with van der Waals surface area (Å²) >= 11 is 0. The molecule has 0 aromatic rings. The van der Waals surface area contributed by atoms with Crippen molar-refractivity contribution in [3.8, 4) is 0 Å². The number of hydrogen-bond donors (Lipinski definition) is 2. The molecule has 0 aromatic heterocycles. The summed E-state index contributed by atoms with van der Waals surface area (Å²) in [5.74, 6) is -0.0444. The van der Waals surface area contributed by atoms with Gasteiger partial charge in [-0.1, -0.05) is 6.92 Å². The lowest BCUT2D eigenvalue weighted by Crippen LogP contribution is -2.34. The van der Waals surface area contributed by atoms with Gasteiger partial charge in [0.25, 0.3) is 0 Å². The maximum atomic E-state index is 11.1. The predicted molar refractivity (Wildman–Crippen MR) is 57.3 cm³/mol. The number of rotatable bonds is 8. The van der Waals surface area contributed by atoms with Crippen LogP contribution < -0.4 is 10.6 Å². The van der Waals surface area contributed by atoms with E-state index >= 15 is 0 Å². The molecular formula is C10H22N2O2. The number of amides is 1. The van der Waals surface area contributed by atoms with Gasteiger partial charge in [0.05, 0.1) is 6.10 Å². The Morgan fingerprint density at radius 3 is 2.57 bits per heavy atom. The van der Waals surface area contributed by atoms with Gasteiger partial charge in [-0.2, -0.15) is 0 Å². The average molecular weight is 202 g/mol. The van der Waals surface area contributed by atoms with E-state index in [4.69, 9.17) is 4.74 Å². The van der Waals surface area contributed by atoms with E-state index in [0.29, 0.717) is 6.54 Å². The first kappa shape index (κ1) is 13.4. The molecule has 0 unspecified atom stereocenters. The standard InChI is InChI=1S/C10H22N2O2/c1-4-5-11-6-7-12-10(13)8-14-9(2)3/h9,11H,4-8H2,1-3H3,(H,12,13). The summed E-state index contributed by atoms with van der Waals surface area (Å²) in [5.41, 5.74) is 0. The lowest BCUT2D eigenvalue weighted by atomic mass is 10.4. The number of hydrogen-bond acceptors (Lipinski definition) is 3. The van der Waals surface area contributed by atoms with Crippen LogP contribution in [0.1, 0.15) is 27.2 Å². The van der Waals surface area contributed by atoms with E-state index < -0.39 is 0 Å². The Balaban J connectivity index is 3.18. The Labute approximate surface area is 86.4 Å². The zero-order chi connectivity index (χ0) is 10.8. The predicted octanol–water partition coefficient (Wildman–Crippen LogP) is 0.527. The van der Waals surface area contributed by atoms with Gasteiger partial charge in [-0.05, 0) is 26.8 Å². The molecule has 0 aliphatic carbocycles. The molecule has 2 N–H and O–H groups in total. The zero-order valence-corrected chi connectivity index (χ0v) is 9.43. The molecule has 0 atom stereocenters. The van der Waals surface area contributed by atoms with Crippen LogP contribution in [0.25, 0.3) is 0 Å². The van der Waals surface area contributed by atoms with Crippen LogP contribution >= 0.6 is 0 Å². The quantitative estimate of drug-likeness (QED) is 0.564. The van der Waals surface area contributed by atoms with Gasteiger partial charge in [0.2, 0.25) is 5.91 Å². The van der Waals surface area contributed by atoms with E-state index in [1.807, 2.05) is 13.8 Å². The largest absolute Gasteiger partial charge is 0.369 e. The Morgan fingerprint density at radius 2 is 2.00 bits per heavy atom. The molecule has 4 nitrogen and oxygen atoms in total. The van der Waals surface area contributed by atoms with Crippen molar-refractivity contribution in [2.45, 2.75) is 33.3 Å². The number of carbonyl (C=O) groups excluding carboxylic acids is 1. The van der Waals surface area contributed by atoms with E-state index in [-0.39, 0.29) is 18.6 Å². The average Bonchev–Trinajstić information content (AvgIpc) is 2.14. The maximum Gasteiger partial charge on any atom is 0.246 e. The van der Waals surface area contributed by atoms with Gasteiger partial charge in [-0.3, -0.25) is 4.79 Å². The first-order chi connectivity index (χ1) is 6.66. The molecule has 0 spiro atoms. The molecule has 0 aliphatic rings. The molecule has 0 fully saturated rings. The molecule has 0 bridgehead atoms. The molecule has 0 aliphatic heterocycles. The summed E-state index contributed by atoms with van der Waals surface area (Å²) in [5, 5.41) is 5.97. The molecule has 4 heteroatoms. The van der Waals surface area contributed by atoms with Crippen LogP contribution in [0.4, 0.5) is 0 Å². The van der Waals surface area contributed by atoms with Gasteiger partial charge in [-0.15, -0.1) is 0 Å². The van der Waals surface area contributed by atoms with Crippen molar-refractivity contribution >= 4 is 5.91 Å². The first-order valence-electron chi connectivity index (χ1n) is 5.25. The Hall–Kier alpha value is -0.610. The normalized spacial score (nSPS) is 10.6. The van der Waals surface area contributed by atoms with Crippen LogP contribution in [-0.4, -0.2) is 38.3 Å². The summed E-state index contributed by atoms with van der Waals surface area (Å²) in [6, 6.07) is 0. The summed E-state index contributed by atoms with van der Waals surface area (Å²) in [7, 11) is 0. The fourth-order valence-electron chi connectivity index (χ4n) is 0.885. The van der Waals surface area contributed by atoms with E-state index in [1.54, 1.807) is 0 Å². The summed E-state index contributed by atoms with van der Waals surface area (Å²) in [4.78, 5) is 11.1. The third kappa shape index (κ3) is 9.48. The topological polar surface area (TPSA) is 50.4 Å². The summed E-state index contributed by atoms with van der Waals surface area (Å²) in [6.45, 7) is 8.58. The molecule has 0 aromatic carbocycles. The highest BCUT2D eigenvalue weighted by Crippen LogP contribution is 1.85. The highest BCUT2D eigenvalue weighted by atomic mass is 16.5. The lowest BCUT2D eigenvalue weighted by molar-refractivity contribution is -0.127. The van der Waals surface area contributed by atoms with E-state index in [1.165, 1.54) is 0 Å². The summed E-state index contributed by atoms with van der Waals surface area (Å²) < 4.78 is 5.15. The van der Waals surface area contributed by atoms with E-state index in [0.717, 1.165) is 19.5 Å². The van der Waals surface area contributed by atoms with E-state index in [9.17, 15) is 4.79 Å². The molecular weight excluding hydrogens is 180 g/mol. The maximum absolute atomic E-state index is 11.1. The second-order valence-electron chi connectivity index (χ2n) is 3.46. The van der Waals surface area contributed by atoms with Gasteiger partial charge in [0, 0.05) is 13.1 Å². The molecule has 0 rings (SSSR count). The van der Waals surface area contributed by atoms with Crippen molar-refractivity contribution in [3.05, 3.63) is 0 Å². The number of carbonyl (C=O) groups is 1. The Kier molecular flexibility index (Phi) is 8.57. The van der Waals surface area contributed by atoms with Crippen molar-refractivity contribution in [3.63, 3.8) is 0 Å².